The van der Waals surface area contributed by atoms with Gasteiger partial charge < -0.3 is 0 Å². The molecule has 0 amide bonds. The summed E-state index contributed by atoms with van der Waals surface area (Å²) in [5.74, 6) is -0.604. The number of hydrogen-bond acceptors (Lipinski definition) is 4. The Morgan fingerprint density at radius 2 is 1.61 bits per heavy atom. The summed E-state index contributed by atoms with van der Waals surface area (Å²) in [7, 11) is 0. The van der Waals surface area contributed by atoms with Gasteiger partial charge in [-0.25, -0.2) is 9.97 Å². The monoisotopic (exact) mass is 309 g/mol. The highest BCUT2D eigenvalue weighted by Crippen LogP contribution is 2.31. The minimum Gasteiger partial charge on any atom is -0.258 e. The van der Waals surface area contributed by atoms with Crippen LogP contribution in [0.4, 0.5) is 10.1 Å². The van der Waals surface area contributed by atoms with E-state index in [9.17, 15) is 14.5 Å². The maximum atomic E-state index is 12.9. The number of aryl methyl sites for hydroxylation is 1. The zero-order valence-corrected chi connectivity index (χ0v) is 12.2. The predicted octanol–water partition coefficient (Wildman–Crippen LogP) is 4.17. The Morgan fingerprint density at radius 1 is 0.957 bits per heavy atom. The van der Waals surface area contributed by atoms with Crippen LogP contribution in [-0.4, -0.2) is 14.9 Å². The van der Waals surface area contributed by atoms with Gasteiger partial charge in [0, 0.05) is 35.2 Å². The van der Waals surface area contributed by atoms with Crippen molar-refractivity contribution < 1.29 is 9.31 Å². The van der Waals surface area contributed by atoms with E-state index in [-0.39, 0.29) is 5.69 Å². The van der Waals surface area contributed by atoms with Crippen LogP contribution >= 0.6 is 0 Å². The van der Waals surface area contributed by atoms with Gasteiger partial charge in [0.05, 0.1) is 4.92 Å². The summed E-state index contributed by atoms with van der Waals surface area (Å²) in [4.78, 5) is 18.7. The molecule has 0 N–H and O–H groups in total. The topological polar surface area (TPSA) is 68.9 Å². The highest BCUT2D eigenvalue weighted by molar-refractivity contribution is 5.75. The highest BCUT2D eigenvalue weighted by Gasteiger charge is 2.18. The summed E-state index contributed by atoms with van der Waals surface area (Å²) < 4.78 is 12.9. The summed E-state index contributed by atoms with van der Waals surface area (Å²) in [5.41, 5.74) is 3.01. The van der Waals surface area contributed by atoms with Gasteiger partial charge in [-0.1, -0.05) is 29.8 Å². The Balaban J connectivity index is 2.10. The summed E-state index contributed by atoms with van der Waals surface area (Å²) in [5, 5.41) is 11.4. The lowest BCUT2D eigenvalue weighted by Gasteiger charge is -2.06. The lowest BCUT2D eigenvalue weighted by molar-refractivity contribution is -0.384. The molecule has 1 aromatic carbocycles. The van der Waals surface area contributed by atoms with Gasteiger partial charge >= 0.3 is 0 Å². The standard InChI is InChI=1S/C17H12FN3O2/c1-11-2-4-12(5-3-11)17-15(21(22)23)8-14(10-20-17)13-6-7-16(18)19-9-13/h2-10H,1H3. The number of nitrogens with zero attached hydrogens (tertiary/aromatic N) is 3. The van der Waals surface area contributed by atoms with Gasteiger partial charge in [0.15, 0.2) is 0 Å². The van der Waals surface area contributed by atoms with Crippen molar-refractivity contribution in [3.05, 3.63) is 76.5 Å². The molecule has 0 atom stereocenters. The molecule has 0 aliphatic rings. The zero-order chi connectivity index (χ0) is 16.4. The molecule has 3 aromatic rings. The van der Waals surface area contributed by atoms with E-state index in [1.807, 2.05) is 19.1 Å². The number of hydrogen-bond donors (Lipinski definition) is 0. The first kappa shape index (κ1) is 14.8. The van der Waals surface area contributed by atoms with Crippen LogP contribution in [0.15, 0.2) is 54.9 Å². The number of pyridine rings is 2. The molecule has 0 saturated carbocycles. The zero-order valence-electron chi connectivity index (χ0n) is 12.2. The third-order valence-electron chi connectivity index (χ3n) is 3.45. The molecule has 0 saturated heterocycles. The van der Waals surface area contributed by atoms with E-state index in [0.29, 0.717) is 22.4 Å². The van der Waals surface area contributed by atoms with Crippen LogP contribution in [0.1, 0.15) is 5.56 Å². The molecule has 6 heteroatoms. The molecule has 0 aliphatic carbocycles. The number of rotatable bonds is 3. The van der Waals surface area contributed by atoms with E-state index < -0.39 is 10.9 Å². The summed E-state index contributed by atoms with van der Waals surface area (Å²) in [6.07, 6.45) is 2.85. The first-order valence-corrected chi connectivity index (χ1v) is 6.88. The van der Waals surface area contributed by atoms with E-state index >= 15 is 0 Å². The van der Waals surface area contributed by atoms with Crippen molar-refractivity contribution in [2.24, 2.45) is 0 Å². The quantitative estimate of drug-likeness (QED) is 0.414. The van der Waals surface area contributed by atoms with Crippen molar-refractivity contribution in [3.8, 4) is 22.4 Å². The minimum atomic E-state index is -0.604. The molecule has 5 nitrogen and oxygen atoms in total. The third kappa shape index (κ3) is 3.06. The second-order valence-electron chi connectivity index (χ2n) is 5.08. The molecule has 114 valence electrons. The van der Waals surface area contributed by atoms with Crippen LogP contribution in [0, 0.1) is 23.0 Å². The van der Waals surface area contributed by atoms with Crippen LogP contribution in [0.25, 0.3) is 22.4 Å². The number of benzene rings is 1. The molecule has 0 unspecified atom stereocenters. The van der Waals surface area contributed by atoms with Gasteiger partial charge in [-0.15, -0.1) is 0 Å². The van der Waals surface area contributed by atoms with Crippen molar-refractivity contribution >= 4 is 5.69 Å². The number of halogens is 1. The summed E-state index contributed by atoms with van der Waals surface area (Å²) in [6.45, 7) is 1.94. The number of nitro groups is 1. The smallest absolute Gasteiger partial charge is 0.258 e. The van der Waals surface area contributed by atoms with Gasteiger partial charge in [0.1, 0.15) is 5.69 Å². The van der Waals surface area contributed by atoms with Crippen molar-refractivity contribution in [3.63, 3.8) is 0 Å². The van der Waals surface area contributed by atoms with Gasteiger partial charge in [-0.3, -0.25) is 10.1 Å². The Kier molecular flexibility index (Phi) is 3.80. The van der Waals surface area contributed by atoms with Crippen molar-refractivity contribution in [1.29, 1.82) is 0 Å². The summed E-state index contributed by atoms with van der Waals surface area (Å²) in [6, 6.07) is 11.5. The fourth-order valence-electron chi connectivity index (χ4n) is 2.23. The van der Waals surface area contributed by atoms with Crippen LogP contribution in [0.2, 0.25) is 0 Å². The van der Waals surface area contributed by atoms with Gasteiger partial charge in [-0.05, 0) is 19.1 Å². The molecule has 0 bridgehead atoms. The van der Waals surface area contributed by atoms with Gasteiger partial charge in [-0.2, -0.15) is 4.39 Å². The lowest BCUT2D eigenvalue weighted by atomic mass is 10.0. The largest absolute Gasteiger partial charge is 0.296 e. The first-order valence-electron chi connectivity index (χ1n) is 6.88. The van der Waals surface area contributed by atoms with Crippen molar-refractivity contribution in [2.75, 3.05) is 0 Å². The Bertz CT molecular complexity index is 862. The second-order valence-corrected chi connectivity index (χ2v) is 5.08. The maximum absolute atomic E-state index is 12.9. The molecule has 0 spiro atoms. The number of aromatic nitrogens is 2. The second kappa shape index (κ2) is 5.92. The fraction of sp³-hybridized carbons (Fsp3) is 0.0588. The Hall–Kier alpha value is -3.15. The lowest BCUT2D eigenvalue weighted by Crippen LogP contribution is -1.96. The van der Waals surface area contributed by atoms with E-state index in [4.69, 9.17) is 0 Å². The molecule has 3 rings (SSSR count). The van der Waals surface area contributed by atoms with E-state index in [2.05, 4.69) is 9.97 Å². The maximum Gasteiger partial charge on any atom is 0.296 e. The van der Waals surface area contributed by atoms with E-state index in [1.54, 1.807) is 12.1 Å². The SMILES string of the molecule is Cc1ccc(-c2ncc(-c3ccc(F)nc3)cc2[N+](=O)[O-])cc1. The normalized spacial score (nSPS) is 10.5. The molecule has 0 aliphatic heterocycles. The van der Waals surface area contributed by atoms with Crippen LogP contribution in [0.5, 0.6) is 0 Å². The van der Waals surface area contributed by atoms with Gasteiger partial charge in [0.2, 0.25) is 5.95 Å². The van der Waals surface area contributed by atoms with Gasteiger partial charge in [0.25, 0.3) is 5.69 Å². The highest BCUT2D eigenvalue weighted by atomic mass is 19.1. The van der Waals surface area contributed by atoms with Crippen LogP contribution < -0.4 is 0 Å². The molecular weight excluding hydrogens is 297 g/mol. The molecule has 2 heterocycles. The molecule has 23 heavy (non-hydrogen) atoms. The Morgan fingerprint density at radius 3 is 2.22 bits per heavy atom. The molecule has 0 radical (unpaired) electrons. The average molecular weight is 309 g/mol. The van der Waals surface area contributed by atoms with Crippen LogP contribution in [-0.2, 0) is 0 Å². The van der Waals surface area contributed by atoms with Crippen molar-refractivity contribution in [1.82, 2.24) is 9.97 Å². The van der Waals surface area contributed by atoms with E-state index in [0.717, 1.165) is 5.56 Å². The van der Waals surface area contributed by atoms with E-state index in [1.165, 1.54) is 30.6 Å². The fourth-order valence-corrected chi connectivity index (χ4v) is 2.23. The first-order chi connectivity index (χ1) is 11.0. The average Bonchev–Trinajstić information content (AvgIpc) is 2.56. The Labute approximate surface area is 131 Å². The summed E-state index contributed by atoms with van der Waals surface area (Å²) >= 11 is 0. The van der Waals surface area contributed by atoms with Crippen LogP contribution in [0.3, 0.4) is 0 Å². The predicted molar refractivity (Wildman–Crippen MR) is 84.3 cm³/mol. The molecular formula is C17H12FN3O2. The third-order valence-corrected chi connectivity index (χ3v) is 3.45. The van der Waals surface area contributed by atoms with Crippen molar-refractivity contribution in [2.45, 2.75) is 6.92 Å². The molecule has 0 fully saturated rings. The minimum absolute atomic E-state index is 0.101. The molecule has 2 aromatic heterocycles.